The molecule has 1 aliphatic heterocycles. The maximum absolute atomic E-state index is 12.7. The third-order valence-electron chi connectivity index (χ3n) is 3.54. The van der Waals surface area contributed by atoms with E-state index >= 15 is 0 Å². The number of benzene rings is 1. The first-order valence-electron chi connectivity index (χ1n) is 7.30. The van der Waals surface area contributed by atoms with E-state index in [2.05, 4.69) is 32.2 Å². The van der Waals surface area contributed by atoms with Gasteiger partial charge in [-0.1, -0.05) is 13.8 Å². The van der Waals surface area contributed by atoms with Crippen molar-refractivity contribution < 1.29 is 4.79 Å². The second kappa shape index (κ2) is 6.53. The zero-order valence-corrected chi connectivity index (χ0v) is 13.6. The SMILES string of the molecule is CCNc1ccc(C(=O)N2CC(C)SC(C)C2)c(C)c1. The number of hydrogen-bond acceptors (Lipinski definition) is 3. The van der Waals surface area contributed by atoms with Gasteiger partial charge in [0.1, 0.15) is 0 Å². The van der Waals surface area contributed by atoms with Gasteiger partial charge in [-0.3, -0.25) is 4.79 Å². The summed E-state index contributed by atoms with van der Waals surface area (Å²) in [6, 6.07) is 6.00. The number of anilines is 1. The molecule has 20 heavy (non-hydrogen) atoms. The minimum Gasteiger partial charge on any atom is -0.385 e. The van der Waals surface area contributed by atoms with Crippen LogP contribution in [0.2, 0.25) is 0 Å². The number of carbonyl (C=O) groups excluding carboxylic acids is 1. The van der Waals surface area contributed by atoms with E-state index in [9.17, 15) is 4.79 Å². The smallest absolute Gasteiger partial charge is 0.254 e. The molecule has 2 rings (SSSR count). The fraction of sp³-hybridized carbons (Fsp3) is 0.562. The topological polar surface area (TPSA) is 32.3 Å². The van der Waals surface area contributed by atoms with E-state index in [1.807, 2.05) is 35.7 Å². The Morgan fingerprint density at radius 3 is 2.55 bits per heavy atom. The average molecular weight is 292 g/mol. The molecule has 1 fully saturated rings. The second-order valence-corrected chi connectivity index (χ2v) is 7.41. The average Bonchev–Trinajstić information content (AvgIpc) is 2.37. The van der Waals surface area contributed by atoms with Crippen molar-refractivity contribution in [1.29, 1.82) is 0 Å². The predicted octanol–water partition coefficient (Wildman–Crippen LogP) is 3.39. The van der Waals surface area contributed by atoms with Crippen LogP contribution in [0.25, 0.3) is 0 Å². The van der Waals surface area contributed by atoms with E-state index in [1.165, 1.54) is 0 Å². The summed E-state index contributed by atoms with van der Waals surface area (Å²) >= 11 is 1.97. The Bertz CT molecular complexity index is 479. The van der Waals surface area contributed by atoms with Gasteiger partial charge in [0.05, 0.1) is 0 Å². The van der Waals surface area contributed by atoms with Gasteiger partial charge in [-0.05, 0) is 37.6 Å². The lowest BCUT2D eigenvalue weighted by Crippen LogP contribution is -2.44. The van der Waals surface area contributed by atoms with E-state index in [1.54, 1.807) is 0 Å². The van der Waals surface area contributed by atoms with Crippen molar-refractivity contribution in [3.05, 3.63) is 29.3 Å². The van der Waals surface area contributed by atoms with Crippen LogP contribution in [0.4, 0.5) is 5.69 Å². The fourth-order valence-corrected chi connectivity index (χ4v) is 4.06. The van der Waals surface area contributed by atoms with Crippen molar-refractivity contribution in [3.63, 3.8) is 0 Å². The Balaban J connectivity index is 2.16. The lowest BCUT2D eigenvalue weighted by molar-refractivity contribution is 0.0752. The number of nitrogens with zero attached hydrogens (tertiary/aromatic N) is 1. The van der Waals surface area contributed by atoms with Crippen molar-refractivity contribution in [2.75, 3.05) is 25.0 Å². The van der Waals surface area contributed by atoms with E-state index < -0.39 is 0 Å². The summed E-state index contributed by atoms with van der Waals surface area (Å²) in [5.41, 5.74) is 2.96. The van der Waals surface area contributed by atoms with E-state index in [0.717, 1.165) is 36.4 Å². The van der Waals surface area contributed by atoms with Gasteiger partial charge in [0, 0.05) is 41.4 Å². The molecule has 110 valence electrons. The van der Waals surface area contributed by atoms with Crippen LogP contribution in [0, 0.1) is 6.92 Å². The maximum atomic E-state index is 12.7. The van der Waals surface area contributed by atoms with Gasteiger partial charge in [0.2, 0.25) is 0 Å². The molecule has 1 saturated heterocycles. The first kappa shape index (κ1) is 15.2. The quantitative estimate of drug-likeness (QED) is 0.927. The van der Waals surface area contributed by atoms with E-state index in [4.69, 9.17) is 0 Å². The molecule has 1 amide bonds. The molecule has 0 radical (unpaired) electrons. The predicted molar refractivity (Wildman–Crippen MR) is 87.8 cm³/mol. The number of rotatable bonds is 3. The molecular weight excluding hydrogens is 268 g/mol. The normalized spacial score (nSPS) is 22.7. The van der Waals surface area contributed by atoms with Crippen LogP contribution >= 0.6 is 11.8 Å². The van der Waals surface area contributed by atoms with E-state index in [-0.39, 0.29) is 5.91 Å². The Morgan fingerprint density at radius 1 is 1.35 bits per heavy atom. The summed E-state index contributed by atoms with van der Waals surface area (Å²) in [5.74, 6) is 0.171. The van der Waals surface area contributed by atoms with Crippen LogP contribution in [0.3, 0.4) is 0 Å². The van der Waals surface area contributed by atoms with Gasteiger partial charge in [-0.25, -0.2) is 0 Å². The number of aryl methyl sites for hydroxylation is 1. The molecule has 2 atom stereocenters. The number of hydrogen-bond donors (Lipinski definition) is 1. The van der Waals surface area contributed by atoms with Crippen LogP contribution < -0.4 is 5.32 Å². The van der Waals surface area contributed by atoms with Crippen molar-refractivity contribution in [3.8, 4) is 0 Å². The van der Waals surface area contributed by atoms with Gasteiger partial charge in [0.15, 0.2) is 0 Å². The van der Waals surface area contributed by atoms with Crippen LogP contribution in [0.1, 0.15) is 36.7 Å². The van der Waals surface area contributed by atoms with Crippen LogP contribution in [0.5, 0.6) is 0 Å². The zero-order chi connectivity index (χ0) is 14.7. The standard InChI is InChI=1S/C16H24N2OS/c1-5-17-14-6-7-15(11(2)8-14)16(19)18-9-12(3)20-13(4)10-18/h6-8,12-13,17H,5,9-10H2,1-4H3. The minimum absolute atomic E-state index is 0.171. The maximum Gasteiger partial charge on any atom is 0.254 e. The van der Waals surface area contributed by atoms with E-state index in [0.29, 0.717) is 10.5 Å². The number of carbonyl (C=O) groups is 1. The second-order valence-electron chi connectivity index (χ2n) is 5.53. The van der Waals surface area contributed by atoms with Gasteiger partial charge in [-0.15, -0.1) is 0 Å². The lowest BCUT2D eigenvalue weighted by atomic mass is 10.1. The molecule has 0 aliphatic carbocycles. The molecular formula is C16H24N2OS. The molecule has 1 aliphatic rings. The summed E-state index contributed by atoms with van der Waals surface area (Å²) in [7, 11) is 0. The monoisotopic (exact) mass is 292 g/mol. The minimum atomic E-state index is 0.171. The highest BCUT2D eigenvalue weighted by Crippen LogP contribution is 2.26. The third-order valence-corrected chi connectivity index (χ3v) is 4.77. The number of nitrogens with one attached hydrogen (secondary N) is 1. The van der Waals surface area contributed by atoms with Crippen molar-refractivity contribution >= 4 is 23.4 Å². The van der Waals surface area contributed by atoms with Crippen molar-refractivity contribution in [2.24, 2.45) is 0 Å². The molecule has 0 aromatic heterocycles. The largest absolute Gasteiger partial charge is 0.385 e. The number of thioether (sulfide) groups is 1. The molecule has 1 N–H and O–H groups in total. The molecule has 0 spiro atoms. The molecule has 2 unspecified atom stereocenters. The van der Waals surface area contributed by atoms with Crippen LogP contribution in [0.15, 0.2) is 18.2 Å². The van der Waals surface area contributed by atoms with Crippen molar-refractivity contribution in [2.45, 2.75) is 38.2 Å². The Hall–Kier alpha value is -1.16. The highest BCUT2D eigenvalue weighted by molar-refractivity contribution is 8.00. The van der Waals surface area contributed by atoms with Gasteiger partial charge in [-0.2, -0.15) is 11.8 Å². The highest BCUT2D eigenvalue weighted by Gasteiger charge is 2.27. The summed E-state index contributed by atoms with van der Waals surface area (Å²) < 4.78 is 0. The summed E-state index contributed by atoms with van der Waals surface area (Å²) in [6.45, 7) is 11.1. The highest BCUT2D eigenvalue weighted by atomic mass is 32.2. The molecule has 1 aromatic rings. The van der Waals surface area contributed by atoms with Gasteiger partial charge in [0.25, 0.3) is 5.91 Å². The molecule has 0 saturated carbocycles. The molecule has 1 aromatic carbocycles. The Labute approximate surface area is 126 Å². The number of amides is 1. The molecule has 4 heteroatoms. The van der Waals surface area contributed by atoms with Crippen LogP contribution in [-0.2, 0) is 0 Å². The zero-order valence-electron chi connectivity index (χ0n) is 12.8. The van der Waals surface area contributed by atoms with Gasteiger partial charge >= 0.3 is 0 Å². The van der Waals surface area contributed by atoms with Crippen molar-refractivity contribution in [1.82, 2.24) is 4.90 Å². The lowest BCUT2D eigenvalue weighted by Gasteiger charge is -2.35. The summed E-state index contributed by atoms with van der Waals surface area (Å²) in [5, 5.41) is 4.32. The molecule has 3 nitrogen and oxygen atoms in total. The third kappa shape index (κ3) is 3.48. The first-order chi connectivity index (χ1) is 9.51. The molecule has 1 heterocycles. The summed E-state index contributed by atoms with van der Waals surface area (Å²) in [6.07, 6.45) is 0. The van der Waals surface area contributed by atoms with Crippen LogP contribution in [-0.4, -0.2) is 40.9 Å². The summed E-state index contributed by atoms with van der Waals surface area (Å²) in [4.78, 5) is 14.7. The molecule has 0 bridgehead atoms. The Morgan fingerprint density at radius 2 is 2.00 bits per heavy atom. The fourth-order valence-electron chi connectivity index (χ4n) is 2.73. The Kier molecular flexibility index (Phi) is 4.97. The van der Waals surface area contributed by atoms with Gasteiger partial charge < -0.3 is 10.2 Å². The first-order valence-corrected chi connectivity index (χ1v) is 8.24.